The number of halogens is 2. The molecular formula is C13H26Cl2N4. The minimum Gasteiger partial charge on any atom is -0.313 e. The summed E-state index contributed by atoms with van der Waals surface area (Å²) in [4.78, 5) is 6.86. The van der Waals surface area contributed by atoms with Gasteiger partial charge in [-0.3, -0.25) is 9.80 Å². The summed E-state index contributed by atoms with van der Waals surface area (Å²) in [5.74, 6) is 0. The van der Waals surface area contributed by atoms with Gasteiger partial charge in [-0.05, 0) is 33.5 Å². The number of fused-ring (bicyclic) bond motifs is 3. The number of rotatable bonds is 0. The zero-order valence-electron chi connectivity index (χ0n) is 12.0. The van der Waals surface area contributed by atoms with Crippen LogP contribution in [0.1, 0.15) is 12.8 Å². The molecule has 19 heavy (non-hydrogen) atoms. The van der Waals surface area contributed by atoms with Crippen LogP contribution in [-0.2, 0) is 0 Å². The van der Waals surface area contributed by atoms with E-state index in [1.165, 1.54) is 6.42 Å². The van der Waals surface area contributed by atoms with Crippen LogP contribution in [0.5, 0.6) is 0 Å². The molecule has 2 bridgehead atoms. The fraction of sp³-hybridized carbons (Fsp3) is 1.00. The van der Waals surface area contributed by atoms with Gasteiger partial charge in [0.25, 0.3) is 0 Å². The first-order valence-electron chi connectivity index (χ1n) is 7.22. The number of nitrogens with one attached hydrogen (secondary N) is 1. The van der Waals surface area contributed by atoms with Gasteiger partial charge in [0.1, 0.15) is 11.0 Å². The Labute approximate surface area is 127 Å². The summed E-state index contributed by atoms with van der Waals surface area (Å²) < 4.78 is 0. The van der Waals surface area contributed by atoms with E-state index in [2.05, 4.69) is 34.1 Å². The molecule has 2 saturated heterocycles. The van der Waals surface area contributed by atoms with E-state index in [1.807, 2.05) is 0 Å². The molecule has 0 amide bonds. The Morgan fingerprint density at radius 1 is 0.895 bits per heavy atom. The molecule has 2 rings (SSSR count). The normalized spacial score (nSPS) is 40.4. The molecule has 4 atom stereocenters. The molecule has 4 nitrogen and oxygen atoms in total. The van der Waals surface area contributed by atoms with E-state index in [9.17, 15) is 0 Å². The Balaban J connectivity index is 2.11. The van der Waals surface area contributed by atoms with Gasteiger partial charge in [0.05, 0.1) is 0 Å². The van der Waals surface area contributed by atoms with Gasteiger partial charge in [-0.25, -0.2) is 0 Å². The molecule has 0 aromatic heterocycles. The van der Waals surface area contributed by atoms with Gasteiger partial charge in [0.2, 0.25) is 0 Å². The molecule has 2 fully saturated rings. The molecular weight excluding hydrogens is 283 g/mol. The minimum absolute atomic E-state index is 0.114. The predicted molar refractivity (Wildman–Crippen MR) is 82.0 cm³/mol. The van der Waals surface area contributed by atoms with Gasteiger partial charge in [-0.15, -0.1) is 23.2 Å². The summed E-state index contributed by atoms with van der Waals surface area (Å²) in [7, 11) is 4.24. The Morgan fingerprint density at radius 3 is 2.42 bits per heavy atom. The van der Waals surface area contributed by atoms with Crippen molar-refractivity contribution in [2.75, 3.05) is 53.4 Å². The second-order valence-electron chi connectivity index (χ2n) is 5.79. The molecule has 6 heteroatoms. The van der Waals surface area contributed by atoms with Crippen molar-refractivity contribution in [3.05, 3.63) is 0 Å². The molecule has 0 saturated carbocycles. The van der Waals surface area contributed by atoms with E-state index in [4.69, 9.17) is 23.2 Å². The van der Waals surface area contributed by atoms with Gasteiger partial charge >= 0.3 is 0 Å². The van der Waals surface area contributed by atoms with Crippen LogP contribution in [0.3, 0.4) is 0 Å². The minimum atomic E-state index is -0.133. The molecule has 4 unspecified atom stereocenters. The monoisotopic (exact) mass is 308 g/mol. The zero-order valence-corrected chi connectivity index (χ0v) is 13.5. The van der Waals surface area contributed by atoms with Crippen molar-refractivity contribution in [3.8, 4) is 0 Å². The van der Waals surface area contributed by atoms with Crippen LogP contribution >= 0.6 is 23.2 Å². The van der Waals surface area contributed by atoms with Crippen molar-refractivity contribution in [1.82, 2.24) is 20.0 Å². The molecule has 0 aromatic carbocycles. The lowest BCUT2D eigenvalue weighted by Crippen LogP contribution is -2.50. The van der Waals surface area contributed by atoms with Crippen LogP contribution in [0.15, 0.2) is 0 Å². The Kier molecular flexibility index (Phi) is 6.18. The Hall–Kier alpha value is 0.420. The lowest BCUT2D eigenvalue weighted by Gasteiger charge is -2.36. The van der Waals surface area contributed by atoms with Crippen molar-refractivity contribution >= 4 is 23.2 Å². The maximum absolute atomic E-state index is 6.60. The lowest BCUT2D eigenvalue weighted by atomic mass is 10.1. The number of likely N-dealkylation sites (N-methyl/N-ethyl adjacent to an activating group) is 2. The highest BCUT2D eigenvalue weighted by Crippen LogP contribution is 2.20. The third-order valence-electron chi connectivity index (χ3n) is 4.29. The SMILES string of the molecule is CN1CCC2CCN(CC1)C(Cl)C(Cl)N(C)CCN2. The first-order valence-corrected chi connectivity index (χ1v) is 8.09. The number of hydrogen-bond acceptors (Lipinski definition) is 4. The van der Waals surface area contributed by atoms with Gasteiger partial charge < -0.3 is 10.2 Å². The van der Waals surface area contributed by atoms with E-state index in [-0.39, 0.29) is 11.0 Å². The first-order chi connectivity index (χ1) is 9.08. The highest BCUT2D eigenvalue weighted by atomic mass is 35.5. The molecule has 0 spiro atoms. The quantitative estimate of drug-likeness (QED) is 0.533. The standard InChI is InChI=1S/C13H26Cl2N4/c1-17-6-3-11-4-7-19(10-9-17)13(15)12(14)18(2)8-5-16-11/h11-13,16H,3-10H2,1-2H3. The molecule has 2 heterocycles. The Morgan fingerprint density at radius 2 is 1.63 bits per heavy atom. The first kappa shape index (κ1) is 15.8. The largest absolute Gasteiger partial charge is 0.313 e. The van der Waals surface area contributed by atoms with E-state index < -0.39 is 0 Å². The summed E-state index contributed by atoms with van der Waals surface area (Å²) in [6.45, 7) is 6.16. The van der Waals surface area contributed by atoms with Crippen molar-refractivity contribution in [3.63, 3.8) is 0 Å². The van der Waals surface area contributed by atoms with Crippen LogP contribution in [0.25, 0.3) is 0 Å². The zero-order chi connectivity index (χ0) is 13.8. The molecule has 0 aromatic rings. The fourth-order valence-corrected chi connectivity index (χ4v) is 3.41. The topological polar surface area (TPSA) is 21.8 Å². The van der Waals surface area contributed by atoms with Crippen molar-refractivity contribution in [2.45, 2.75) is 29.9 Å². The van der Waals surface area contributed by atoms with Gasteiger partial charge in [0.15, 0.2) is 0 Å². The smallest absolute Gasteiger partial charge is 0.115 e. The van der Waals surface area contributed by atoms with E-state index >= 15 is 0 Å². The highest BCUT2D eigenvalue weighted by Gasteiger charge is 2.29. The van der Waals surface area contributed by atoms with Crippen molar-refractivity contribution in [1.29, 1.82) is 0 Å². The van der Waals surface area contributed by atoms with Crippen molar-refractivity contribution < 1.29 is 0 Å². The average Bonchev–Trinajstić information content (AvgIpc) is 2.49. The van der Waals surface area contributed by atoms with E-state index in [1.54, 1.807) is 0 Å². The van der Waals surface area contributed by atoms with E-state index in [0.717, 1.165) is 45.7 Å². The third kappa shape index (κ3) is 4.45. The van der Waals surface area contributed by atoms with Crippen LogP contribution in [-0.4, -0.2) is 85.1 Å². The van der Waals surface area contributed by atoms with Crippen LogP contribution < -0.4 is 5.32 Å². The molecule has 2 aliphatic rings. The second kappa shape index (κ2) is 7.43. The third-order valence-corrected chi connectivity index (χ3v) is 5.50. The van der Waals surface area contributed by atoms with Gasteiger partial charge in [-0.2, -0.15) is 0 Å². The summed E-state index contributed by atoms with van der Waals surface area (Å²) in [6.07, 6.45) is 2.37. The number of alkyl halides is 2. The fourth-order valence-electron chi connectivity index (χ4n) is 2.77. The highest BCUT2D eigenvalue weighted by molar-refractivity contribution is 6.29. The molecule has 0 radical (unpaired) electrons. The predicted octanol–water partition coefficient (Wildman–Crippen LogP) is 1.05. The molecule has 0 aliphatic carbocycles. The molecule has 1 N–H and O–H groups in total. The number of hydrogen-bond donors (Lipinski definition) is 1. The summed E-state index contributed by atoms with van der Waals surface area (Å²) in [5, 5.41) is 3.66. The summed E-state index contributed by atoms with van der Waals surface area (Å²) in [6, 6.07) is 0.590. The lowest BCUT2D eigenvalue weighted by molar-refractivity contribution is 0.160. The average molecular weight is 309 g/mol. The second-order valence-corrected chi connectivity index (χ2v) is 6.69. The molecule has 2 aliphatic heterocycles. The Bertz CT molecular complexity index is 279. The van der Waals surface area contributed by atoms with Crippen LogP contribution in [0, 0.1) is 0 Å². The van der Waals surface area contributed by atoms with Crippen molar-refractivity contribution in [2.24, 2.45) is 0 Å². The maximum atomic E-state index is 6.60. The summed E-state index contributed by atoms with van der Waals surface area (Å²) in [5.41, 5.74) is -0.247. The van der Waals surface area contributed by atoms with Gasteiger partial charge in [-0.1, -0.05) is 0 Å². The molecule has 112 valence electrons. The van der Waals surface area contributed by atoms with Crippen LogP contribution in [0.2, 0.25) is 0 Å². The maximum Gasteiger partial charge on any atom is 0.115 e. The number of nitrogens with zero attached hydrogens (tertiary/aromatic N) is 3. The summed E-state index contributed by atoms with van der Waals surface area (Å²) >= 11 is 13.1. The van der Waals surface area contributed by atoms with Crippen LogP contribution in [0.4, 0.5) is 0 Å². The van der Waals surface area contributed by atoms with E-state index in [0.29, 0.717) is 6.04 Å². The van der Waals surface area contributed by atoms with Gasteiger partial charge in [0, 0.05) is 38.8 Å².